The smallest absolute Gasteiger partial charge is 0.245 e. The molecule has 0 atom stereocenters. The van der Waals surface area contributed by atoms with E-state index in [4.69, 9.17) is 16.7 Å². The summed E-state index contributed by atoms with van der Waals surface area (Å²) in [7, 11) is -3.61. The molecule has 1 aliphatic heterocycles. The van der Waals surface area contributed by atoms with Crippen molar-refractivity contribution < 1.29 is 13.5 Å². The van der Waals surface area contributed by atoms with Gasteiger partial charge in [0.05, 0.1) is 5.02 Å². The summed E-state index contributed by atoms with van der Waals surface area (Å²) in [5.74, 6) is 5.21. The van der Waals surface area contributed by atoms with Gasteiger partial charge >= 0.3 is 0 Å². The van der Waals surface area contributed by atoms with Gasteiger partial charge in [0, 0.05) is 17.6 Å². The average Bonchev–Trinajstić information content (AvgIpc) is 2.76. The minimum absolute atomic E-state index is 0.105. The first-order chi connectivity index (χ1) is 9.79. The molecule has 0 radical (unpaired) electrons. The van der Waals surface area contributed by atoms with Crippen molar-refractivity contribution in [3.8, 4) is 11.8 Å². The summed E-state index contributed by atoms with van der Waals surface area (Å²) < 4.78 is 27.0. The second-order valence-electron chi connectivity index (χ2n) is 5.60. The summed E-state index contributed by atoms with van der Waals surface area (Å²) >= 11 is 6.13. The summed E-state index contributed by atoms with van der Waals surface area (Å²) in [6, 6.07) is 4.60. The molecule has 1 heterocycles. The van der Waals surface area contributed by atoms with E-state index < -0.39 is 15.6 Å². The van der Waals surface area contributed by atoms with E-state index in [0.29, 0.717) is 12.1 Å². The predicted molar refractivity (Wildman–Crippen MR) is 82.6 cm³/mol. The number of rotatable bonds is 2. The first-order valence-corrected chi connectivity index (χ1v) is 8.53. The monoisotopic (exact) mass is 327 g/mol. The van der Waals surface area contributed by atoms with Crippen LogP contribution in [0.1, 0.15) is 32.3 Å². The summed E-state index contributed by atoms with van der Waals surface area (Å²) in [6.45, 7) is 4.11. The molecular formula is C15H18ClNO3S. The van der Waals surface area contributed by atoms with Crippen LogP contribution in [0.2, 0.25) is 5.02 Å². The molecule has 0 unspecified atom stereocenters. The Kier molecular flexibility index (Phi) is 4.64. The molecule has 6 heteroatoms. The molecule has 4 nitrogen and oxygen atoms in total. The van der Waals surface area contributed by atoms with Gasteiger partial charge in [0.25, 0.3) is 0 Å². The number of nitrogens with zero attached hydrogens (tertiary/aromatic N) is 1. The summed E-state index contributed by atoms with van der Waals surface area (Å²) in [4.78, 5) is 0.105. The van der Waals surface area contributed by atoms with Crippen LogP contribution < -0.4 is 0 Å². The van der Waals surface area contributed by atoms with Crippen LogP contribution in [0.25, 0.3) is 0 Å². The van der Waals surface area contributed by atoms with Gasteiger partial charge in [-0.15, -0.1) is 0 Å². The largest absolute Gasteiger partial charge is 0.384 e. The molecule has 1 aromatic rings. The Morgan fingerprint density at radius 3 is 2.67 bits per heavy atom. The van der Waals surface area contributed by atoms with E-state index in [1.807, 2.05) is 13.8 Å². The van der Waals surface area contributed by atoms with Crippen LogP contribution in [0.3, 0.4) is 0 Å². The van der Waals surface area contributed by atoms with Crippen molar-refractivity contribution in [3.63, 3.8) is 0 Å². The molecule has 0 aliphatic carbocycles. The standard InChI is InChI=1S/C15H18ClNO3S/c1-15(2)8-4-9-17(15)21(19,20)14-7-6-12(5-3-10-18)11-13(14)16/h6-7,11,18H,4,8-10H2,1-2H3. The Bertz CT molecular complexity index is 701. The van der Waals surface area contributed by atoms with Crippen LogP contribution in [-0.4, -0.2) is 36.5 Å². The van der Waals surface area contributed by atoms with Crippen molar-refractivity contribution in [2.24, 2.45) is 0 Å². The van der Waals surface area contributed by atoms with Crippen molar-refractivity contribution in [3.05, 3.63) is 28.8 Å². The molecule has 2 rings (SSSR count). The Morgan fingerprint density at radius 2 is 2.14 bits per heavy atom. The van der Waals surface area contributed by atoms with Gasteiger partial charge in [0.15, 0.2) is 0 Å². The fourth-order valence-corrected chi connectivity index (χ4v) is 4.94. The van der Waals surface area contributed by atoms with Gasteiger partial charge in [0.2, 0.25) is 10.0 Å². The van der Waals surface area contributed by atoms with Crippen molar-refractivity contribution in [1.82, 2.24) is 4.31 Å². The van der Waals surface area contributed by atoms with Crippen LogP contribution in [-0.2, 0) is 10.0 Å². The summed E-state index contributed by atoms with van der Waals surface area (Å²) in [5, 5.41) is 8.83. The first kappa shape index (κ1) is 16.3. The van der Waals surface area contributed by atoms with E-state index in [2.05, 4.69) is 11.8 Å². The molecule has 1 aromatic carbocycles. The molecule has 0 spiro atoms. The maximum atomic E-state index is 12.8. The van der Waals surface area contributed by atoms with E-state index in [9.17, 15) is 8.42 Å². The van der Waals surface area contributed by atoms with Crippen LogP contribution in [0.5, 0.6) is 0 Å². The molecule has 1 fully saturated rings. The van der Waals surface area contributed by atoms with Crippen LogP contribution >= 0.6 is 11.6 Å². The lowest BCUT2D eigenvalue weighted by Gasteiger charge is -2.30. The lowest BCUT2D eigenvalue weighted by molar-refractivity contribution is 0.292. The number of aliphatic hydroxyl groups is 1. The fraction of sp³-hybridized carbons (Fsp3) is 0.467. The highest BCUT2D eigenvalue weighted by atomic mass is 35.5. The average molecular weight is 328 g/mol. The Balaban J connectivity index is 2.42. The van der Waals surface area contributed by atoms with E-state index >= 15 is 0 Å². The van der Waals surface area contributed by atoms with Gasteiger partial charge in [0.1, 0.15) is 11.5 Å². The van der Waals surface area contributed by atoms with Gasteiger partial charge in [-0.2, -0.15) is 4.31 Å². The van der Waals surface area contributed by atoms with E-state index in [1.165, 1.54) is 16.4 Å². The third-order valence-corrected chi connectivity index (χ3v) is 6.23. The van der Waals surface area contributed by atoms with Crippen LogP contribution in [0.15, 0.2) is 23.1 Å². The van der Waals surface area contributed by atoms with Gasteiger partial charge in [-0.3, -0.25) is 0 Å². The number of hydrogen-bond donors (Lipinski definition) is 1. The lowest BCUT2D eigenvalue weighted by atomic mass is 10.0. The van der Waals surface area contributed by atoms with Crippen molar-refractivity contribution in [2.75, 3.05) is 13.2 Å². The first-order valence-electron chi connectivity index (χ1n) is 6.71. The van der Waals surface area contributed by atoms with Crippen LogP contribution in [0, 0.1) is 11.8 Å². The van der Waals surface area contributed by atoms with Gasteiger partial charge in [-0.05, 0) is 44.9 Å². The predicted octanol–water partition coefficient (Wildman–Crippen LogP) is 2.25. The molecular weight excluding hydrogens is 310 g/mol. The van der Waals surface area contributed by atoms with Gasteiger partial charge in [-0.25, -0.2) is 8.42 Å². The number of hydrogen-bond acceptors (Lipinski definition) is 3. The summed E-state index contributed by atoms with van der Waals surface area (Å²) in [5.41, 5.74) is 0.186. The normalized spacial score (nSPS) is 18.3. The number of benzene rings is 1. The van der Waals surface area contributed by atoms with Crippen LogP contribution in [0.4, 0.5) is 0 Å². The van der Waals surface area contributed by atoms with Crippen molar-refractivity contribution in [1.29, 1.82) is 0 Å². The Hall–Kier alpha value is -1.06. The number of halogens is 1. The highest BCUT2D eigenvalue weighted by Gasteiger charge is 2.41. The molecule has 1 saturated heterocycles. The molecule has 0 bridgehead atoms. The minimum Gasteiger partial charge on any atom is -0.384 e. The lowest BCUT2D eigenvalue weighted by Crippen LogP contribution is -2.42. The minimum atomic E-state index is -3.61. The third kappa shape index (κ3) is 3.24. The quantitative estimate of drug-likeness (QED) is 0.848. The molecule has 0 amide bonds. The van der Waals surface area contributed by atoms with Crippen molar-refractivity contribution >= 4 is 21.6 Å². The molecule has 0 saturated carbocycles. The Labute approximate surface area is 130 Å². The number of sulfonamides is 1. The molecule has 0 aromatic heterocycles. The molecule has 1 N–H and O–H groups in total. The number of aliphatic hydroxyl groups excluding tert-OH is 1. The van der Waals surface area contributed by atoms with E-state index in [-0.39, 0.29) is 16.5 Å². The third-order valence-electron chi connectivity index (χ3n) is 3.64. The maximum absolute atomic E-state index is 12.8. The van der Waals surface area contributed by atoms with Gasteiger partial charge < -0.3 is 5.11 Å². The SMILES string of the molecule is CC1(C)CCCN1S(=O)(=O)c1ccc(C#CCO)cc1Cl. The second kappa shape index (κ2) is 5.98. The summed E-state index contributed by atoms with van der Waals surface area (Å²) in [6.07, 6.45) is 1.69. The zero-order valence-corrected chi connectivity index (χ0v) is 13.6. The van der Waals surface area contributed by atoms with Crippen molar-refractivity contribution in [2.45, 2.75) is 37.1 Å². The van der Waals surface area contributed by atoms with Gasteiger partial charge in [-0.1, -0.05) is 23.4 Å². The zero-order chi connectivity index (χ0) is 15.7. The highest BCUT2D eigenvalue weighted by Crippen LogP contribution is 2.36. The molecule has 21 heavy (non-hydrogen) atoms. The fourth-order valence-electron chi connectivity index (χ4n) is 2.58. The highest BCUT2D eigenvalue weighted by molar-refractivity contribution is 7.89. The Morgan fingerprint density at radius 1 is 1.43 bits per heavy atom. The van der Waals surface area contributed by atoms with E-state index in [1.54, 1.807) is 6.07 Å². The molecule has 114 valence electrons. The zero-order valence-electron chi connectivity index (χ0n) is 12.1. The molecule has 1 aliphatic rings. The second-order valence-corrected chi connectivity index (χ2v) is 7.84. The van der Waals surface area contributed by atoms with E-state index in [0.717, 1.165) is 12.8 Å². The maximum Gasteiger partial charge on any atom is 0.245 e. The topological polar surface area (TPSA) is 57.6 Å².